The van der Waals surface area contributed by atoms with Gasteiger partial charge in [0, 0.05) is 0 Å². The third-order valence-corrected chi connectivity index (χ3v) is 5.26. The zero-order chi connectivity index (χ0) is 17.8. The summed E-state index contributed by atoms with van der Waals surface area (Å²) in [6, 6.07) is 1.51. The van der Waals surface area contributed by atoms with Crippen molar-refractivity contribution in [2.24, 2.45) is 0 Å². The van der Waals surface area contributed by atoms with Crippen LogP contribution in [0.3, 0.4) is 0 Å². The van der Waals surface area contributed by atoms with Gasteiger partial charge >= 0.3 is 118 Å². The number of rotatable bonds is 3. The molecule has 0 atom stereocenters. The molecule has 0 saturated carbocycles. The Hall–Kier alpha value is 2.23. The summed E-state index contributed by atoms with van der Waals surface area (Å²) in [5, 5.41) is 10.4. The van der Waals surface area contributed by atoms with E-state index >= 15 is 0 Å². The van der Waals surface area contributed by atoms with Gasteiger partial charge < -0.3 is 18.8 Å². The van der Waals surface area contributed by atoms with Crippen LogP contribution in [0.15, 0.2) is 39.0 Å². The zero-order valence-corrected chi connectivity index (χ0v) is 25.1. The molecule has 0 spiro atoms. The van der Waals surface area contributed by atoms with Crippen molar-refractivity contribution in [2.75, 3.05) is 0 Å². The summed E-state index contributed by atoms with van der Waals surface area (Å²) < 4.78 is 99.4. The molecule has 10 nitrogen and oxygen atoms in total. The van der Waals surface area contributed by atoms with Crippen LogP contribution in [0.4, 0.5) is 0 Å². The number of fused-ring (bicyclic) bond motifs is 1. The van der Waals surface area contributed by atoms with Gasteiger partial charge in [0.05, 0.1) is 14.7 Å². The van der Waals surface area contributed by atoms with Crippen molar-refractivity contribution in [3.63, 3.8) is 0 Å². The fourth-order valence-corrected chi connectivity index (χ4v) is 3.74. The Morgan fingerprint density at radius 3 is 1.30 bits per heavy atom. The molecule has 27 heavy (non-hydrogen) atoms. The quantitative estimate of drug-likeness (QED) is 0.306. The molecule has 2 aromatic carbocycles. The third-order valence-electron chi connectivity index (χ3n) is 2.77. The SMILES string of the molecule is O=S(=O)([O-])c1cc([O-])c2c(S(=O)(=O)[O-])cc(S(=O)(=O)[O-])cc2c1.[Na+].[Na+].[Na+].[Na+]. The smallest absolute Gasteiger partial charge is 0.872 e. The number of benzene rings is 2. The second kappa shape index (κ2) is 11.7. The van der Waals surface area contributed by atoms with Gasteiger partial charge in [-0.15, -0.1) is 0 Å². The molecular weight excluding hydrogens is 468 g/mol. The normalized spacial score (nSPS) is 11.4. The van der Waals surface area contributed by atoms with Crippen LogP contribution in [0, 0.1) is 0 Å². The molecule has 0 aliphatic carbocycles. The Balaban J connectivity index is -0.00000144. The van der Waals surface area contributed by atoms with E-state index in [0.29, 0.717) is 18.2 Å². The molecule has 0 aromatic heterocycles. The van der Waals surface area contributed by atoms with E-state index in [2.05, 4.69) is 0 Å². The van der Waals surface area contributed by atoms with Gasteiger partial charge in [0.25, 0.3) is 0 Å². The zero-order valence-electron chi connectivity index (χ0n) is 14.6. The van der Waals surface area contributed by atoms with Gasteiger partial charge in [-0.25, -0.2) is 25.3 Å². The van der Waals surface area contributed by atoms with Gasteiger partial charge in [0.2, 0.25) is 0 Å². The molecule has 0 unspecified atom stereocenters. The van der Waals surface area contributed by atoms with Crippen LogP contribution in [0.2, 0.25) is 0 Å². The summed E-state index contributed by atoms with van der Waals surface area (Å²) >= 11 is 0. The monoisotopic (exact) mass is 472 g/mol. The van der Waals surface area contributed by atoms with Crippen molar-refractivity contribution in [2.45, 2.75) is 14.7 Å². The molecular formula is C10H4Na4O10S3. The topological polar surface area (TPSA) is 195 Å². The minimum atomic E-state index is -5.36. The average Bonchev–Trinajstić information content (AvgIpc) is 2.33. The molecule has 0 fully saturated rings. The van der Waals surface area contributed by atoms with Crippen LogP contribution in [0.25, 0.3) is 10.8 Å². The summed E-state index contributed by atoms with van der Waals surface area (Å²) in [6.07, 6.45) is 0. The Morgan fingerprint density at radius 1 is 0.593 bits per heavy atom. The van der Waals surface area contributed by atoms with Crippen LogP contribution in [0.1, 0.15) is 0 Å². The van der Waals surface area contributed by atoms with Crippen LogP contribution >= 0.6 is 0 Å². The molecule has 0 aliphatic heterocycles. The molecule has 0 N–H and O–H groups in total. The Morgan fingerprint density at radius 2 is 0.963 bits per heavy atom. The second-order valence-corrected chi connectivity index (χ2v) is 8.41. The second-order valence-electron chi connectivity index (χ2n) is 4.30. The van der Waals surface area contributed by atoms with Crippen molar-refractivity contribution < 1.29 is 162 Å². The van der Waals surface area contributed by atoms with E-state index in [9.17, 15) is 44.0 Å². The van der Waals surface area contributed by atoms with Crippen LogP contribution < -0.4 is 123 Å². The number of hydrogen-bond donors (Lipinski definition) is 0. The van der Waals surface area contributed by atoms with Crippen molar-refractivity contribution in [3.8, 4) is 5.75 Å². The van der Waals surface area contributed by atoms with E-state index in [0.717, 1.165) is 0 Å². The summed E-state index contributed by atoms with van der Waals surface area (Å²) in [5.74, 6) is -1.30. The number of hydrogen-bond acceptors (Lipinski definition) is 10. The molecule has 0 bridgehead atoms. The van der Waals surface area contributed by atoms with E-state index in [4.69, 9.17) is 0 Å². The van der Waals surface area contributed by atoms with Gasteiger partial charge in [-0.2, -0.15) is 0 Å². The summed E-state index contributed by atoms with van der Waals surface area (Å²) in [7, 11) is -15.7. The van der Waals surface area contributed by atoms with Crippen molar-refractivity contribution >= 4 is 41.1 Å². The van der Waals surface area contributed by atoms with E-state index in [1.807, 2.05) is 0 Å². The maximum Gasteiger partial charge on any atom is 1.00 e. The largest absolute Gasteiger partial charge is 1.00 e. The first-order valence-corrected chi connectivity index (χ1v) is 9.60. The fraction of sp³-hybridized carbons (Fsp3) is 0. The molecule has 2 rings (SSSR count). The van der Waals surface area contributed by atoms with Gasteiger partial charge in [-0.3, -0.25) is 0 Å². The van der Waals surface area contributed by atoms with Crippen LogP contribution in [-0.2, 0) is 30.4 Å². The molecule has 0 amide bonds. The Kier molecular flexibility index (Phi) is 14.7. The van der Waals surface area contributed by atoms with Gasteiger partial charge in [0.15, 0.2) is 0 Å². The van der Waals surface area contributed by atoms with E-state index < -0.39 is 61.6 Å². The first-order valence-electron chi connectivity index (χ1n) is 5.38. The van der Waals surface area contributed by atoms with E-state index in [1.54, 1.807) is 0 Å². The third kappa shape index (κ3) is 8.35. The van der Waals surface area contributed by atoms with Gasteiger partial charge in [-0.1, -0.05) is 11.8 Å². The minimum Gasteiger partial charge on any atom is -0.872 e. The van der Waals surface area contributed by atoms with Gasteiger partial charge in [0.1, 0.15) is 30.4 Å². The molecule has 2 aromatic rings. The fourth-order valence-electron chi connectivity index (χ4n) is 1.87. The molecule has 0 heterocycles. The maximum absolute atomic E-state index is 11.8. The Labute approximate surface area is 243 Å². The minimum absolute atomic E-state index is 0. The maximum atomic E-state index is 11.8. The predicted molar refractivity (Wildman–Crippen MR) is 67.3 cm³/mol. The summed E-state index contributed by atoms with van der Waals surface area (Å²) in [5.41, 5.74) is 0. The standard InChI is InChI=1S/C10H8O10S3.4Na/c11-8-3-6(21(12,13)14)1-5-2-7(22(15,16)17)4-9(10(5)8)23(18,19)20;;;;/h1-4,11H,(H,12,13,14)(H,15,16,17)(H,18,19,20);;;;/q;4*+1/p-4. The molecule has 126 valence electrons. The van der Waals surface area contributed by atoms with Crippen molar-refractivity contribution in [3.05, 3.63) is 24.3 Å². The van der Waals surface area contributed by atoms with E-state index in [1.165, 1.54) is 0 Å². The van der Waals surface area contributed by atoms with Crippen LogP contribution in [0.5, 0.6) is 5.75 Å². The van der Waals surface area contributed by atoms with Crippen LogP contribution in [-0.4, -0.2) is 38.9 Å². The average molecular weight is 472 g/mol. The first kappa shape index (κ1) is 33.9. The van der Waals surface area contributed by atoms with Crippen molar-refractivity contribution in [1.29, 1.82) is 0 Å². The predicted octanol–water partition coefficient (Wildman–Crippen LogP) is -13.4. The summed E-state index contributed by atoms with van der Waals surface area (Å²) in [6.45, 7) is 0. The van der Waals surface area contributed by atoms with Gasteiger partial charge in [-0.05, 0) is 29.0 Å². The van der Waals surface area contributed by atoms with Crippen molar-refractivity contribution in [1.82, 2.24) is 0 Å². The molecule has 0 aliphatic rings. The molecule has 0 saturated heterocycles. The Bertz CT molecular complexity index is 1140. The molecule has 0 radical (unpaired) electrons. The van der Waals surface area contributed by atoms with E-state index in [-0.39, 0.29) is 124 Å². The first-order chi connectivity index (χ1) is 10.2. The summed E-state index contributed by atoms with van der Waals surface area (Å²) in [4.78, 5) is -3.53. The molecule has 17 heteroatoms.